The Morgan fingerprint density at radius 2 is 1.86 bits per heavy atom. The van der Waals surface area contributed by atoms with E-state index in [0.29, 0.717) is 25.7 Å². The highest BCUT2D eigenvalue weighted by Gasteiger charge is 2.24. The molecule has 1 fully saturated rings. The number of rotatable bonds is 9. The predicted octanol–water partition coefficient (Wildman–Crippen LogP) is -0.312. The van der Waals surface area contributed by atoms with Gasteiger partial charge in [-0.15, -0.1) is 11.8 Å². The molecule has 1 unspecified atom stereocenters. The zero-order chi connectivity index (χ0) is 15.8. The zero-order valence-corrected chi connectivity index (χ0v) is 13.7. The summed E-state index contributed by atoms with van der Waals surface area (Å²) in [6, 6.07) is 10.5. The van der Waals surface area contributed by atoms with E-state index in [1.807, 2.05) is 25.2 Å². The fraction of sp³-hybridized carbons (Fsp3) is 0.500. The standard InChI is InChI=1S/C16H23N3O2S/c1-19(12-16(21)18-13-7-8-13)11-15(20)17-9-10-22-14-5-3-2-4-6-14/h2-6,13H,7-12H2,1H3,(H,17,20)(H,18,21)/p+1. The monoisotopic (exact) mass is 322 g/mol. The van der Waals surface area contributed by atoms with Crippen LogP contribution in [-0.4, -0.2) is 50.3 Å². The van der Waals surface area contributed by atoms with Gasteiger partial charge < -0.3 is 15.5 Å². The lowest BCUT2D eigenvalue weighted by molar-refractivity contribution is -0.862. The molecule has 1 atom stereocenters. The van der Waals surface area contributed by atoms with Crippen molar-refractivity contribution in [3.8, 4) is 0 Å². The fourth-order valence-electron chi connectivity index (χ4n) is 2.06. The van der Waals surface area contributed by atoms with Gasteiger partial charge in [0.1, 0.15) is 0 Å². The van der Waals surface area contributed by atoms with Crippen molar-refractivity contribution in [2.75, 3.05) is 32.4 Å². The van der Waals surface area contributed by atoms with Crippen molar-refractivity contribution in [1.29, 1.82) is 0 Å². The Bertz CT molecular complexity index is 491. The van der Waals surface area contributed by atoms with Crippen molar-refractivity contribution in [3.05, 3.63) is 30.3 Å². The minimum absolute atomic E-state index is 0.00890. The van der Waals surface area contributed by atoms with Gasteiger partial charge in [0.15, 0.2) is 13.1 Å². The van der Waals surface area contributed by atoms with Crippen LogP contribution in [0.2, 0.25) is 0 Å². The molecule has 1 aromatic carbocycles. The topological polar surface area (TPSA) is 62.6 Å². The number of hydrogen-bond donors (Lipinski definition) is 3. The molecular weight excluding hydrogens is 298 g/mol. The molecule has 0 radical (unpaired) electrons. The molecule has 5 nitrogen and oxygen atoms in total. The lowest BCUT2D eigenvalue weighted by Gasteiger charge is -2.13. The van der Waals surface area contributed by atoms with Gasteiger partial charge in [-0.25, -0.2) is 0 Å². The third-order valence-electron chi connectivity index (χ3n) is 3.30. The quantitative estimate of drug-likeness (QED) is 0.432. The second kappa shape index (κ2) is 8.80. The van der Waals surface area contributed by atoms with Crippen LogP contribution in [0, 0.1) is 0 Å². The van der Waals surface area contributed by atoms with Crippen LogP contribution in [0.4, 0.5) is 0 Å². The molecule has 0 aromatic heterocycles. The molecule has 0 saturated heterocycles. The molecule has 2 amide bonds. The number of thioether (sulfide) groups is 1. The third-order valence-corrected chi connectivity index (χ3v) is 4.32. The highest BCUT2D eigenvalue weighted by Crippen LogP contribution is 2.18. The average Bonchev–Trinajstić information content (AvgIpc) is 3.28. The fourth-order valence-corrected chi connectivity index (χ4v) is 2.85. The van der Waals surface area contributed by atoms with Crippen molar-refractivity contribution < 1.29 is 14.5 Å². The van der Waals surface area contributed by atoms with Crippen LogP contribution in [0.15, 0.2) is 35.2 Å². The van der Waals surface area contributed by atoms with Gasteiger partial charge in [0, 0.05) is 23.2 Å². The summed E-state index contributed by atoms with van der Waals surface area (Å²) in [6.45, 7) is 1.32. The lowest BCUT2D eigenvalue weighted by atomic mass is 10.4. The highest BCUT2D eigenvalue weighted by molar-refractivity contribution is 7.99. The first-order chi connectivity index (χ1) is 10.6. The number of carbonyl (C=O) groups excluding carboxylic acids is 2. The smallest absolute Gasteiger partial charge is 0.275 e. The van der Waals surface area contributed by atoms with E-state index < -0.39 is 0 Å². The van der Waals surface area contributed by atoms with Gasteiger partial charge in [-0.05, 0) is 25.0 Å². The lowest BCUT2D eigenvalue weighted by Crippen LogP contribution is -3.11. The summed E-state index contributed by atoms with van der Waals surface area (Å²) in [4.78, 5) is 25.6. The van der Waals surface area contributed by atoms with Crippen LogP contribution in [0.5, 0.6) is 0 Å². The SMILES string of the molecule is C[NH+](CC(=O)NCCSc1ccccc1)CC(=O)NC1CC1. The first-order valence-electron chi connectivity index (χ1n) is 7.68. The van der Waals surface area contributed by atoms with Crippen LogP contribution in [0.1, 0.15) is 12.8 Å². The van der Waals surface area contributed by atoms with E-state index in [2.05, 4.69) is 22.8 Å². The Morgan fingerprint density at radius 1 is 1.18 bits per heavy atom. The number of hydrogen-bond acceptors (Lipinski definition) is 3. The molecule has 0 aliphatic heterocycles. The van der Waals surface area contributed by atoms with Gasteiger partial charge >= 0.3 is 0 Å². The van der Waals surface area contributed by atoms with Crippen molar-refractivity contribution in [3.63, 3.8) is 0 Å². The van der Waals surface area contributed by atoms with Crippen LogP contribution in [-0.2, 0) is 9.59 Å². The molecule has 2 rings (SSSR count). The van der Waals surface area contributed by atoms with E-state index >= 15 is 0 Å². The molecule has 1 aromatic rings. The van der Waals surface area contributed by atoms with Crippen molar-refractivity contribution >= 4 is 23.6 Å². The van der Waals surface area contributed by atoms with Crippen LogP contribution in [0.3, 0.4) is 0 Å². The van der Waals surface area contributed by atoms with E-state index in [-0.39, 0.29) is 11.8 Å². The van der Waals surface area contributed by atoms with E-state index in [1.54, 1.807) is 11.8 Å². The summed E-state index contributed by atoms with van der Waals surface area (Å²) in [6.07, 6.45) is 2.18. The Morgan fingerprint density at radius 3 is 2.55 bits per heavy atom. The van der Waals surface area contributed by atoms with E-state index in [9.17, 15) is 9.59 Å². The number of quaternary nitrogens is 1. The highest BCUT2D eigenvalue weighted by atomic mass is 32.2. The molecule has 3 N–H and O–H groups in total. The van der Waals surface area contributed by atoms with Gasteiger partial charge in [0.25, 0.3) is 11.8 Å². The number of carbonyl (C=O) groups is 2. The molecule has 0 heterocycles. The van der Waals surface area contributed by atoms with Gasteiger partial charge in [-0.1, -0.05) is 18.2 Å². The molecule has 6 heteroatoms. The maximum atomic E-state index is 11.8. The maximum Gasteiger partial charge on any atom is 0.275 e. The summed E-state index contributed by atoms with van der Waals surface area (Å²) >= 11 is 1.72. The molecular formula is C16H24N3O2S+. The van der Waals surface area contributed by atoms with Gasteiger partial charge in [0.05, 0.1) is 7.05 Å². The molecule has 0 bridgehead atoms. The number of likely N-dealkylation sites (N-methyl/N-ethyl adjacent to an activating group) is 1. The Hall–Kier alpha value is -1.53. The second-order valence-electron chi connectivity index (χ2n) is 5.66. The molecule has 1 saturated carbocycles. The first kappa shape index (κ1) is 16.8. The number of amides is 2. The van der Waals surface area contributed by atoms with Crippen LogP contribution < -0.4 is 15.5 Å². The number of nitrogens with one attached hydrogen (secondary N) is 3. The predicted molar refractivity (Wildman–Crippen MR) is 88.0 cm³/mol. The van der Waals surface area contributed by atoms with E-state index in [1.165, 1.54) is 4.90 Å². The normalized spacial score (nSPS) is 15.1. The zero-order valence-electron chi connectivity index (χ0n) is 12.9. The van der Waals surface area contributed by atoms with Crippen molar-refractivity contribution in [1.82, 2.24) is 10.6 Å². The summed E-state index contributed by atoms with van der Waals surface area (Å²) in [7, 11) is 1.87. The van der Waals surface area contributed by atoms with Crippen LogP contribution in [0.25, 0.3) is 0 Å². The van der Waals surface area contributed by atoms with Gasteiger partial charge in [-0.3, -0.25) is 9.59 Å². The largest absolute Gasteiger partial charge is 0.350 e. The third kappa shape index (κ3) is 6.95. The van der Waals surface area contributed by atoms with Gasteiger partial charge in [0.2, 0.25) is 0 Å². The first-order valence-corrected chi connectivity index (χ1v) is 8.67. The summed E-state index contributed by atoms with van der Waals surface area (Å²) in [5.74, 6) is 0.870. The molecule has 120 valence electrons. The van der Waals surface area contributed by atoms with Crippen molar-refractivity contribution in [2.24, 2.45) is 0 Å². The van der Waals surface area contributed by atoms with E-state index in [4.69, 9.17) is 0 Å². The Balaban J connectivity index is 1.53. The minimum atomic E-state index is -0.00890. The molecule has 0 spiro atoms. The second-order valence-corrected chi connectivity index (χ2v) is 6.83. The van der Waals surface area contributed by atoms with Crippen LogP contribution >= 0.6 is 11.8 Å². The minimum Gasteiger partial charge on any atom is -0.350 e. The summed E-state index contributed by atoms with van der Waals surface area (Å²) in [5, 5.41) is 5.83. The molecule has 22 heavy (non-hydrogen) atoms. The average molecular weight is 322 g/mol. The van der Waals surface area contributed by atoms with Crippen molar-refractivity contribution in [2.45, 2.75) is 23.8 Å². The Kier molecular flexibility index (Phi) is 6.74. The maximum absolute atomic E-state index is 11.8. The number of benzene rings is 1. The molecule has 1 aliphatic rings. The summed E-state index contributed by atoms with van der Waals surface area (Å²) < 4.78 is 0. The van der Waals surface area contributed by atoms with Gasteiger partial charge in [-0.2, -0.15) is 0 Å². The van der Waals surface area contributed by atoms with E-state index in [0.717, 1.165) is 23.5 Å². The Labute approximate surface area is 135 Å². The summed E-state index contributed by atoms with van der Waals surface area (Å²) in [5.41, 5.74) is 0. The molecule has 1 aliphatic carbocycles.